The molecule has 0 aromatic heterocycles. The standard InChI is InChI=1S/C11H21NO/c1-2-3-8-11(13)12-9-6-4-5-7-10-12/h2-10H2,1H3. The van der Waals surface area contributed by atoms with E-state index in [9.17, 15) is 4.79 Å². The van der Waals surface area contributed by atoms with Crippen molar-refractivity contribution in [1.29, 1.82) is 0 Å². The minimum atomic E-state index is 0.378. The molecule has 0 spiro atoms. The number of rotatable bonds is 3. The lowest BCUT2D eigenvalue weighted by Crippen LogP contribution is -2.31. The molecule has 0 bridgehead atoms. The lowest BCUT2D eigenvalue weighted by molar-refractivity contribution is -0.131. The van der Waals surface area contributed by atoms with Crippen LogP contribution in [0, 0.1) is 0 Å². The van der Waals surface area contributed by atoms with E-state index in [1.165, 1.54) is 25.7 Å². The molecule has 0 aliphatic carbocycles. The Balaban J connectivity index is 2.26. The van der Waals surface area contributed by atoms with E-state index in [0.29, 0.717) is 5.91 Å². The molecule has 1 rings (SSSR count). The number of carbonyl (C=O) groups excluding carboxylic acids is 1. The summed E-state index contributed by atoms with van der Waals surface area (Å²) in [7, 11) is 0. The van der Waals surface area contributed by atoms with Gasteiger partial charge < -0.3 is 4.90 Å². The summed E-state index contributed by atoms with van der Waals surface area (Å²) in [5.74, 6) is 0.378. The molecule has 2 nitrogen and oxygen atoms in total. The number of amides is 1. The summed E-state index contributed by atoms with van der Waals surface area (Å²) in [5, 5.41) is 0. The van der Waals surface area contributed by atoms with Crippen LogP contribution < -0.4 is 0 Å². The molecule has 0 aromatic carbocycles. The number of hydrogen-bond acceptors (Lipinski definition) is 1. The first-order valence-electron chi connectivity index (χ1n) is 5.62. The van der Waals surface area contributed by atoms with Crippen LogP contribution >= 0.6 is 0 Å². The van der Waals surface area contributed by atoms with Crippen molar-refractivity contribution in [2.24, 2.45) is 0 Å². The molecule has 0 aromatic rings. The number of likely N-dealkylation sites (tertiary alicyclic amines) is 1. The molecular weight excluding hydrogens is 162 g/mol. The van der Waals surface area contributed by atoms with Gasteiger partial charge in [-0.15, -0.1) is 0 Å². The number of nitrogens with zero attached hydrogens (tertiary/aromatic N) is 1. The highest BCUT2D eigenvalue weighted by atomic mass is 16.2. The highest BCUT2D eigenvalue weighted by molar-refractivity contribution is 5.76. The molecule has 0 saturated carbocycles. The lowest BCUT2D eigenvalue weighted by atomic mass is 10.2. The predicted octanol–water partition coefficient (Wildman–Crippen LogP) is 2.58. The van der Waals surface area contributed by atoms with Gasteiger partial charge in [-0.2, -0.15) is 0 Å². The van der Waals surface area contributed by atoms with Gasteiger partial charge in [0.25, 0.3) is 0 Å². The van der Waals surface area contributed by atoms with Crippen molar-refractivity contribution in [3.63, 3.8) is 0 Å². The average Bonchev–Trinajstić information content (AvgIpc) is 2.42. The zero-order valence-corrected chi connectivity index (χ0v) is 8.72. The second kappa shape index (κ2) is 6.01. The first kappa shape index (κ1) is 10.6. The van der Waals surface area contributed by atoms with E-state index in [4.69, 9.17) is 0 Å². The van der Waals surface area contributed by atoms with Gasteiger partial charge in [0, 0.05) is 19.5 Å². The van der Waals surface area contributed by atoms with Crippen LogP contribution in [0.3, 0.4) is 0 Å². The zero-order valence-electron chi connectivity index (χ0n) is 8.72. The largest absolute Gasteiger partial charge is 0.343 e. The van der Waals surface area contributed by atoms with Gasteiger partial charge in [-0.3, -0.25) is 4.79 Å². The second-order valence-corrected chi connectivity index (χ2v) is 3.90. The predicted molar refractivity (Wildman–Crippen MR) is 54.6 cm³/mol. The van der Waals surface area contributed by atoms with E-state index >= 15 is 0 Å². The van der Waals surface area contributed by atoms with Gasteiger partial charge in [0.1, 0.15) is 0 Å². The van der Waals surface area contributed by atoms with E-state index in [2.05, 4.69) is 11.8 Å². The Morgan fingerprint density at radius 1 is 1.15 bits per heavy atom. The molecule has 0 radical (unpaired) electrons. The van der Waals surface area contributed by atoms with E-state index in [1.807, 2.05) is 0 Å². The Morgan fingerprint density at radius 3 is 2.31 bits per heavy atom. The van der Waals surface area contributed by atoms with Crippen LogP contribution in [0.15, 0.2) is 0 Å². The summed E-state index contributed by atoms with van der Waals surface area (Å²) in [4.78, 5) is 13.7. The van der Waals surface area contributed by atoms with Crippen LogP contribution in [0.2, 0.25) is 0 Å². The van der Waals surface area contributed by atoms with E-state index < -0.39 is 0 Å². The molecule has 1 fully saturated rings. The Bertz CT molecular complexity index is 148. The second-order valence-electron chi connectivity index (χ2n) is 3.90. The number of unbranched alkanes of at least 4 members (excludes halogenated alkanes) is 1. The number of hydrogen-bond donors (Lipinski definition) is 0. The smallest absolute Gasteiger partial charge is 0.222 e. The summed E-state index contributed by atoms with van der Waals surface area (Å²) < 4.78 is 0. The van der Waals surface area contributed by atoms with Crippen molar-refractivity contribution < 1.29 is 4.79 Å². The van der Waals surface area contributed by atoms with Gasteiger partial charge in [0.15, 0.2) is 0 Å². The first-order valence-corrected chi connectivity index (χ1v) is 5.62. The van der Waals surface area contributed by atoms with Crippen LogP contribution in [0.4, 0.5) is 0 Å². The van der Waals surface area contributed by atoms with Crippen molar-refractivity contribution in [2.45, 2.75) is 51.9 Å². The third-order valence-electron chi connectivity index (χ3n) is 2.70. The van der Waals surface area contributed by atoms with Gasteiger partial charge >= 0.3 is 0 Å². The first-order chi connectivity index (χ1) is 6.34. The maximum Gasteiger partial charge on any atom is 0.222 e. The Kier molecular flexibility index (Phi) is 4.87. The van der Waals surface area contributed by atoms with Crippen molar-refractivity contribution in [2.75, 3.05) is 13.1 Å². The van der Waals surface area contributed by atoms with Crippen molar-refractivity contribution in [3.05, 3.63) is 0 Å². The van der Waals surface area contributed by atoms with Crippen molar-refractivity contribution >= 4 is 5.91 Å². The Hall–Kier alpha value is -0.530. The Labute approximate surface area is 81.3 Å². The minimum Gasteiger partial charge on any atom is -0.343 e. The molecule has 13 heavy (non-hydrogen) atoms. The van der Waals surface area contributed by atoms with Crippen LogP contribution in [0.1, 0.15) is 51.9 Å². The SMILES string of the molecule is CCCCC(=O)N1CCCCCC1. The average molecular weight is 183 g/mol. The molecule has 0 atom stereocenters. The molecule has 1 aliphatic rings. The van der Waals surface area contributed by atoms with Gasteiger partial charge in [0.2, 0.25) is 5.91 Å². The van der Waals surface area contributed by atoms with Gasteiger partial charge in [-0.1, -0.05) is 26.2 Å². The molecule has 1 heterocycles. The van der Waals surface area contributed by atoms with E-state index in [1.54, 1.807) is 0 Å². The summed E-state index contributed by atoms with van der Waals surface area (Å²) in [6.45, 7) is 4.14. The highest BCUT2D eigenvalue weighted by Crippen LogP contribution is 2.11. The summed E-state index contributed by atoms with van der Waals surface area (Å²) >= 11 is 0. The summed E-state index contributed by atoms with van der Waals surface area (Å²) in [6, 6.07) is 0. The monoisotopic (exact) mass is 183 g/mol. The normalized spacial score (nSPS) is 18.4. The van der Waals surface area contributed by atoms with E-state index in [0.717, 1.165) is 32.4 Å². The molecule has 0 N–H and O–H groups in total. The fraction of sp³-hybridized carbons (Fsp3) is 0.909. The van der Waals surface area contributed by atoms with Crippen LogP contribution in [0.25, 0.3) is 0 Å². The topological polar surface area (TPSA) is 20.3 Å². The number of carbonyl (C=O) groups is 1. The third-order valence-corrected chi connectivity index (χ3v) is 2.70. The van der Waals surface area contributed by atoms with Gasteiger partial charge in [-0.05, 0) is 19.3 Å². The van der Waals surface area contributed by atoms with Crippen LogP contribution in [0.5, 0.6) is 0 Å². The third kappa shape index (κ3) is 3.79. The van der Waals surface area contributed by atoms with Gasteiger partial charge in [-0.25, -0.2) is 0 Å². The lowest BCUT2D eigenvalue weighted by Gasteiger charge is -2.19. The van der Waals surface area contributed by atoms with Crippen LogP contribution in [-0.4, -0.2) is 23.9 Å². The van der Waals surface area contributed by atoms with E-state index in [-0.39, 0.29) is 0 Å². The molecular formula is C11H21NO. The molecule has 1 aliphatic heterocycles. The zero-order chi connectivity index (χ0) is 9.52. The van der Waals surface area contributed by atoms with Gasteiger partial charge in [0.05, 0.1) is 0 Å². The molecule has 76 valence electrons. The highest BCUT2D eigenvalue weighted by Gasteiger charge is 2.13. The maximum atomic E-state index is 11.6. The quantitative estimate of drug-likeness (QED) is 0.658. The van der Waals surface area contributed by atoms with Crippen LogP contribution in [-0.2, 0) is 4.79 Å². The molecule has 0 unspecified atom stereocenters. The van der Waals surface area contributed by atoms with Crippen molar-refractivity contribution in [1.82, 2.24) is 4.90 Å². The summed E-state index contributed by atoms with van der Waals surface area (Å²) in [5.41, 5.74) is 0. The molecule has 1 saturated heterocycles. The fourth-order valence-corrected chi connectivity index (χ4v) is 1.81. The Morgan fingerprint density at radius 2 is 1.77 bits per heavy atom. The van der Waals surface area contributed by atoms with Crippen molar-refractivity contribution in [3.8, 4) is 0 Å². The maximum absolute atomic E-state index is 11.6. The minimum absolute atomic E-state index is 0.378. The fourth-order valence-electron chi connectivity index (χ4n) is 1.81. The summed E-state index contributed by atoms with van der Waals surface area (Å²) in [6.07, 6.45) is 7.95. The molecule has 1 amide bonds. The molecule has 2 heteroatoms.